The summed E-state index contributed by atoms with van der Waals surface area (Å²) in [6, 6.07) is 0. The first-order valence-electron chi connectivity index (χ1n) is 6.87. The van der Waals surface area contributed by atoms with Crippen LogP contribution < -0.4 is 0 Å². The van der Waals surface area contributed by atoms with Crippen molar-refractivity contribution in [2.24, 2.45) is 0 Å². The minimum atomic E-state index is -1.26. The number of carbonyl (C=O) groups is 2. The number of aliphatic hydroxyl groups is 6. The van der Waals surface area contributed by atoms with Crippen LogP contribution in [0.1, 0.15) is 0 Å². The zero-order chi connectivity index (χ0) is 21.6. The van der Waals surface area contributed by atoms with Crippen LogP contribution in [0.3, 0.4) is 0 Å². The Morgan fingerprint density at radius 1 is 0.615 bits per heavy atom. The van der Waals surface area contributed by atoms with Gasteiger partial charge in [-0.1, -0.05) is 25.3 Å². The predicted octanol–water partition coefficient (Wildman–Crippen LogP) is -1.35. The third kappa shape index (κ3) is 122. The number of aliphatic hydroxyl groups excluding tert-OH is 6. The SMILES string of the molecule is C=CCOC(=O)O.C=CCOC(=O)O.OCCO.OCCO.OCCO. The van der Waals surface area contributed by atoms with Crippen molar-refractivity contribution < 1.29 is 59.9 Å². The smallest absolute Gasteiger partial charge is 0.450 e. The van der Waals surface area contributed by atoms with E-state index in [1.165, 1.54) is 12.2 Å². The van der Waals surface area contributed by atoms with E-state index in [4.69, 9.17) is 40.9 Å². The summed E-state index contributed by atoms with van der Waals surface area (Å²) in [7, 11) is 0. The summed E-state index contributed by atoms with van der Waals surface area (Å²) in [6.07, 6.45) is 0.210. The fraction of sp³-hybridized carbons (Fsp3) is 0.571. The van der Waals surface area contributed by atoms with Crippen LogP contribution >= 0.6 is 0 Å². The zero-order valence-corrected chi connectivity index (χ0v) is 14.4. The summed E-state index contributed by atoms with van der Waals surface area (Å²) in [5.41, 5.74) is 0. The molecule has 0 amide bonds. The fourth-order valence-electron chi connectivity index (χ4n) is 0.260. The van der Waals surface area contributed by atoms with Crippen molar-refractivity contribution in [3.63, 3.8) is 0 Å². The standard InChI is InChI=1S/2C4H6O3.3C2H6O2/c2*1-2-3-7-4(5)6;3*3-1-2-4/h2*2H,1,3H2,(H,5,6);3*3-4H,1-2H2. The molecular formula is C14H30O12. The molecule has 0 rings (SSSR count). The Morgan fingerprint density at radius 3 is 0.846 bits per heavy atom. The molecule has 0 saturated heterocycles. The molecule has 0 aromatic rings. The van der Waals surface area contributed by atoms with E-state index in [0.717, 1.165) is 0 Å². The van der Waals surface area contributed by atoms with Gasteiger partial charge in [0.05, 0.1) is 39.6 Å². The largest absolute Gasteiger partial charge is 0.506 e. The Hall–Kier alpha value is -2.22. The van der Waals surface area contributed by atoms with Gasteiger partial charge in [-0.05, 0) is 0 Å². The van der Waals surface area contributed by atoms with Gasteiger partial charge in [-0.3, -0.25) is 0 Å². The van der Waals surface area contributed by atoms with Gasteiger partial charge in [-0.2, -0.15) is 0 Å². The number of hydrogen-bond donors (Lipinski definition) is 8. The van der Waals surface area contributed by atoms with Crippen molar-refractivity contribution >= 4 is 12.3 Å². The maximum atomic E-state index is 9.49. The van der Waals surface area contributed by atoms with Crippen LogP contribution in [0.4, 0.5) is 9.59 Å². The topological polar surface area (TPSA) is 214 Å². The van der Waals surface area contributed by atoms with Crippen molar-refractivity contribution in [1.29, 1.82) is 0 Å². The van der Waals surface area contributed by atoms with Crippen LogP contribution in [0.25, 0.3) is 0 Å². The van der Waals surface area contributed by atoms with E-state index in [-0.39, 0.29) is 52.9 Å². The van der Waals surface area contributed by atoms with Gasteiger partial charge in [0.2, 0.25) is 0 Å². The summed E-state index contributed by atoms with van der Waals surface area (Å²) in [4.78, 5) is 19.0. The summed E-state index contributed by atoms with van der Waals surface area (Å²) < 4.78 is 7.98. The molecule has 0 aromatic carbocycles. The Balaban J connectivity index is -0.0000000728. The predicted molar refractivity (Wildman–Crippen MR) is 90.9 cm³/mol. The van der Waals surface area contributed by atoms with Crippen molar-refractivity contribution in [1.82, 2.24) is 0 Å². The van der Waals surface area contributed by atoms with Crippen LogP contribution in [-0.4, -0.2) is 106 Å². The van der Waals surface area contributed by atoms with Crippen molar-refractivity contribution in [2.75, 3.05) is 52.9 Å². The quantitative estimate of drug-likeness (QED) is 0.187. The van der Waals surface area contributed by atoms with Crippen LogP contribution in [0.5, 0.6) is 0 Å². The number of rotatable bonds is 7. The minimum Gasteiger partial charge on any atom is -0.450 e. The van der Waals surface area contributed by atoms with Crippen LogP contribution in [-0.2, 0) is 9.47 Å². The lowest BCUT2D eigenvalue weighted by Gasteiger charge is -1.88. The molecule has 0 saturated carbocycles. The first-order chi connectivity index (χ1) is 12.3. The highest BCUT2D eigenvalue weighted by Gasteiger charge is 1.88. The molecule has 0 atom stereocenters. The van der Waals surface area contributed by atoms with Crippen LogP contribution in [0, 0.1) is 0 Å². The van der Waals surface area contributed by atoms with E-state index < -0.39 is 12.3 Å². The van der Waals surface area contributed by atoms with Gasteiger partial charge in [-0.15, -0.1) is 0 Å². The molecule has 0 aliphatic rings. The minimum absolute atomic E-state index is 0.0648. The van der Waals surface area contributed by atoms with Crippen LogP contribution in [0.15, 0.2) is 25.3 Å². The van der Waals surface area contributed by atoms with Gasteiger partial charge in [-0.25, -0.2) is 9.59 Å². The van der Waals surface area contributed by atoms with Crippen LogP contribution in [0.2, 0.25) is 0 Å². The van der Waals surface area contributed by atoms with E-state index in [0.29, 0.717) is 0 Å². The Morgan fingerprint density at radius 2 is 0.808 bits per heavy atom. The average molecular weight is 390 g/mol. The second-order valence-corrected chi connectivity index (χ2v) is 3.07. The molecule has 0 radical (unpaired) electrons. The van der Waals surface area contributed by atoms with E-state index in [2.05, 4.69) is 22.6 Å². The monoisotopic (exact) mass is 390 g/mol. The van der Waals surface area contributed by atoms with Gasteiger partial charge in [0.15, 0.2) is 0 Å². The maximum absolute atomic E-state index is 9.49. The molecule has 0 bridgehead atoms. The molecule has 0 fully saturated rings. The lowest BCUT2D eigenvalue weighted by atomic mass is 10.7. The van der Waals surface area contributed by atoms with Gasteiger partial charge in [0.1, 0.15) is 13.2 Å². The molecule has 26 heavy (non-hydrogen) atoms. The summed E-state index contributed by atoms with van der Waals surface area (Å²) in [5.74, 6) is 0. The molecule has 0 heterocycles. The highest BCUT2D eigenvalue weighted by atomic mass is 16.7. The van der Waals surface area contributed by atoms with Crippen molar-refractivity contribution in [3.8, 4) is 0 Å². The molecule has 8 N–H and O–H groups in total. The molecular weight excluding hydrogens is 360 g/mol. The molecule has 12 nitrogen and oxygen atoms in total. The Kier molecular flexibility index (Phi) is 58.4. The highest BCUT2D eigenvalue weighted by molar-refractivity contribution is 5.57. The third-order valence-electron chi connectivity index (χ3n) is 0.949. The second-order valence-electron chi connectivity index (χ2n) is 3.07. The van der Waals surface area contributed by atoms with E-state index >= 15 is 0 Å². The molecule has 0 aliphatic heterocycles. The zero-order valence-electron chi connectivity index (χ0n) is 14.4. The van der Waals surface area contributed by atoms with Gasteiger partial charge < -0.3 is 50.3 Å². The molecule has 158 valence electrons. The first-order valence-corrected chi connectivity index (χ1v) is 6.87. The fourth-order valence-corrected chi connectivity index (χ4v) is 0.260. The summed E-state index contributed by atoms with van der Waals surface area (Å²) >= 11 is 0. The third-order valence-corrected chi connectivity index (χ3v) is 0.949. The maximum Gasteiger partial charge on any atom is 0.506 e. The molecule has 12 heteroatoms. The summed E-state index contributed by atoms with van der Waals surface area (Å²) in [6.45, 7) is 5.87. The number of carboxylic acid groups (broad SMARTS) is 2. The van der Waals surface area contributed by atoms with E-state index in [1.807, 2.05) is 0 Å². The van der Waals surface area contributed by atoms with Crippen molar-refractivity contribution in [2.45, 2.75) is 0 Å². The van der Waals surface area contributed by atoms with Gasteiger partial charge in [0.25, 0.3) is 0 Å². The normalized spacial score (nSPS) is 7.46. The lowest BCUT2D eigenvalue weighted by molar-refractivity contribution is 0.101. The van der Waals surface area contributed by atoms with Gasteiger partial charge in [0, 0.05) is 0 Å². The lowest BCUT2D eigenvalue weighted by Crippen LogP contribution is -1.98. The second kappa shape index (κ2) is 43.4. The Bertz CT molecular complexity index is 246. The van der Waals surface area contributed by atoms with E-state index in [1.54, 1.807) is 0 Å². The average Bonchev–Trinajstić information content (AvgIpc) is 2.65. The van der Waals surface area contributed by atoms with Gasteiger partial charge >= 0.3 is 12.3 Å². The first kappa shape index (κ1) is 35.0. The number of ether oxygens (including phenoxy) is 2. The molecule has 0 unspecified atom stereocenters. The number of hydrogen-bond acceptors (Lipinski definition) is 10. The van der Waals surface area contributed by atoms with Crippen molar-refractivity contribution in [3.05, 3.63) is 25.3 Å². The molecule has 0 spiro atoms. The highest BCUT2D eigenvalue weighted by Crippen LogP contribution is 1.73. The summed E-state index contributed by atoms with van der Waals surface area (Å²) in [5, 5.41) is 61.3. The Labute approximate surface area is 151 Å². The molecule has 0 aromatic heterocycles. The molecule has 0 aliphatic carbocycles. The van der Waals surface area contributed by atoms with E-state index in [9.17, 15) is 9.59 Å².